The minimum atomic E-state index is -0.0229. The zero-order valence-corrected chi connectivity index (χ0v) is 11.9. The van der Waals surface area contributed by atoms with Gasteiger partial charge in [-0.05, 0) is 24.5 Å². The molecule has 0 aliphatic carbocycles. The van der Waals surface area contributed by atoms with Gasteiger partial charge in [0.05, 0.1) is 5.69 Å². The van der Waals surface area contributed by atoms with Crippen molar-refractivity contribution in [2.24, 2.45) is 11.7 Å². The largest absolute Gasteiger partial charge is 0.326 e. The smallest absolute Gasteiger partial charge is 0.258 e. The zero-order chi connectivity index (χ0) is 14.3. The van der Waals surface area contributed by atoms with Crippen LogP contribution in [0.2, 0.25) is 0 Å². The molecular weight excluding hydrogens is 252 g/mol. The van der Waals surface area contributed by atoms with Gasteiger partial charge in [0, 0.05) is 37.9 Å². The Balaban J connectivity index is 1.93. The van der Waals surface area contributed by atoms with Gasteiger partial charge in [0.25, 0.3) is 5.56 Å². The molecule has 20 heavy (non-hydrogen) atoms. The summed E-state index contributed by atoms with van der Waals surface area (Å²) >= 11 is 0. The molecule has 5 heteroatoms. The van der Waals surface area contributed by atoms with Crippen molar-refractivity contribution in [1.82, 2.24) is 14.3 Å². The number of nitrogens with two attached hydrogens (primary N) is 1. The minimum Gasteiger partial charge on any atom is -0.326 e. The molecule has 1 aliphatic heterocycles. The van der Waals surface area contributed by atoms with Crippen molar-refractivity contribution >= 4 is 5.65 Å². The van der Waals surface area contributed by atoms with Gasteiger partial charge in [0.15, 0.2) is 0 Å². The standard InChI is InChI=1S/C15H20N4O/c1-10-4-3-5-19-14(20)6-12(17-15(10)19)8-18-7-11(2)13(16)9-18/h3-6,11,13H,7-9,16H2,1-2H3. The van der Waals surface area contributed by atoms with Crippen LogP contribution in [0.1, 0.15) is 18.2 Å². The number of aryl methyl sites for hydroxylation is 1. The van der Waals surface area contributed by atoms with Crippen LogP contribution in [0.4, 0.5) is 0 Å². The number of aromatic nitrogens is 2. The molecule has 106 valence electrons. The Morgan fingerprint density at radius 3 is 2.95 bits per heavy atom. The van der Waals surface area contributed by atoms with Crippen LogP contribution in [-0.2, 0) is 6.54 Å². The summed E-state index contributed by atoms with van der Waals surface area (Å²) in [5.74, 6) is 0.498. The molecule has 2 aromatic heterocycles. The van der Waals surface area contributed by atoms with E-state index in [1.54, 1.807) is 16.7 Å². The lowest BCUT2D eigenvalue weighted by atomic mass is 10.1. The quantitative estimate of drug-likeness (QED) is 0.877. The molecule has 5 nitrogen and oxygen atoms in total. The van der Waals surface area contributed by atoms with Crippen LogP contribution in [0.25, 0.3) is 5.65 Å². The molecule has 2 unspecified atom stereocenters. The van der Waals surface area contributed by atoms with Crippen molar-refractivity contribution < 1.29 is 0 Å². The van der Waals surface area contributed by atoms with Gasteiger partial charge >= 0.3 is 0 Å². The predicted octanol–water partition coefficient (Wildman–Crippen LogP) is 0.782. The van der Waals surface area contributed by atoms with Gasteiger partial charge in [-0.25, -0.2) is 4.98 Å². The van der Waals surface area contributed by atoms with Gasteiger partial charge < -0.3 is 5.73 Å². The van der Waals surface area contributed by atoms with E-state index in [1.165, 1.54) is 0 Å². The highest BCUT2D eigenvalue weighted by Crippen LogP contribution is 2.16. The highest BCUT2D eigenvalue weighted by molar-refractivity contribution is 5.46. The third-order valence-corrected chi connectivity index (χ3v) is 4.07. The van der Waals surface area contributed by atoms with Gasteiger partial charge in [-0.2, -0.15) is 0 Å². The van der Waals surface area contributed by atoms with Crippen LogP contribution in [0, 0.1) is 12.8 Å². The van der Waals surface area contributed by atoms with E-state index in [9.17, 15) is 4.79 Å². The Bertz CT molecular complexity index is 684. The second-order valence-electron chi connectivity index (χ2n) is 5.81. The van der Waals surface area contributed by atoms with Crippen molar-refractivity contribution in [3.8, 4) is 0 Å². The average Bonchev–Trinajstić information content (AvgIpc) is 2.70. The topological polar surface area (TPSA) is 63.6 Å². The van der Waals surface area contributed by atoms with Crippen LogP contribution in [0.5, 0.6) is 0 Å². The summed E-state index contributed by atoms with van der Waals surface area (Å²) in [6.45, 7) is 6.67. The number of likely N-dealkylation sites (tertiary alicyclic amines) is 1. The molecule has 1 aliphatic rings. The highest BCUT2D eigenvalue weighted by Gasteiger charge is 2.26. The fourth-order valence-electron chi connectivity index (χ4n) is 2.84. The van der Waals surface area contributed by atoms with Crippen LogP contribution < -0.4 is 11.3 Å². The summed E-state index contributed by atoms with van der Waals surface area (Å²) in [7, 11) is 0. The summed E-state index contributed by atoms with van der Waals surface area (Å²) in [6.07, 6.45) is 1.76. The van der Waals surface area contributed by atoms with Crippen LogP contribution in [-0.4, -0.2) is 33.4 Å². The van der Waals surface area contributed by atoms with E-state index < -0.39 is 0 Å². The van der Waals surface area contributed by atoms with Gasteiger partial charge in [-0.1, -0.05) is 13.0 Å². The fraction of sp³-hybridized carbons (Fsp3) is 0.467. The van der Waals surface area contributed by atoms with Crippen molar-refractivity contribution in [3.63, 3.8) is 0 Å². The van der Waals surface area contributed by atoms with E-state index in [4.69, 9.17) is 5.73 Å². The SMILES string of the molecule is Cc1cccn2c(=O)cc(CN3CC(C)C(N)C3)nc12. The lowest BCUT2D eigenvalue weighted by molar-refractivity contribution is 0.315. The molecule has 2 aromatic rings. The van der Waals surface area contributed by atoms with E-state index >= 15 is 0 Å². The lowest BCUT2D eigenvalue weighted by Gasteiger charge is -2.15. The first-order valence-electron chi connectivity index (χ1n) is 7.00. The maximum atomic E-state index is 12.1. The summed E-state index contributed by atoms with van der Waals surface area (Å²) in [6, 6.07) is 5.69. The summed E-state index contributed by atoms with van der Waals surface area (Å²) in [5.41, 5.74) is 8.59. The van der Waals surface area contributed by atoms with E-state index in [1.807, 2.05) is 19.1 Å². The van der Waals surface area contributed by atoms with Crippen molar-refractivity contribution in [1.29, 1.82) is 0 Å². The molecule has 2 atom stereocenters. The van der Waals surface area contributed by atoms with E-state index in [2.05, 4.69) is 16.8 Å². The van der Waals surface area contributed by atoms with Crippen molar-refractivity contribution in [2.45, 2.75) is 26.4 Å². The van der Waals surface area contributed by atoms with Gasteiger partial charge in [0.2, 0.25) is 0 Å². The number of nitrogens with zero attached hydrogens (tertiary/aromatic N) is 3. The normalized spacial score (nSPS) is 23.6. The molecule has 0 amide bonds. The Hall–Kier alpha value is -1.72. The molecule has 1 saturated heterocycles. The van der Waals surface area contributed by atoms with Gasteiger partial charge in [-0.3, -0.25) is 14.1 Å². The Labute approximate surface area is 118 Å². The maximum Gasteiger partial charge on any atom is 0.258 e. The number of hydrogen-bond acceptors (Lipinski definition) is 4. The average molecular weight is 272 g/mol. The highest BCUT2D eigenvalue weighted by atomic mass is 16.1. The monoisotopic (exact) mass is 272 g/mol. The van der Waals surface area contributed by atoms with Crippen LogP contribution in [0.15, 0.2) is 29.2 Å². The zero-order valence-electron chi connectivity index (χ0n) is 11.9. The number of pyridine rings is 1. The molecule has 0 spiro atoms. The number of fused-ring (bicyclic) bond motifs is 1. The Kier molecular flexibility index (Phi) is 3.31. The van der Waals surface area contributed by atoms with Crippen molar-refractivity contribution in [3.05, 3.63) is 46.0 Å². The first kappa shape index (κ1) is 13.3. The van der Waals surface area contributed by atoms with E-state index in [0.717, 1.165) is 30.0 Å². The summed E-state index contributed by atoms with van der Waals surface area (Å²) in [4.78, 5) is 19.0. The second-order valence-corrected chi connectivity index (χ2v) is 5.81. The molecule has 0 radical (unpaired) electrons. The fourth-order valence-corrected chi connectivity index (χ4v) is 2.84. The lowest BCUT2D eigenvalue weighted by Crippen LogP contribution is -2.29. The molecule has 0 saturated carbocycles. The molecule has 3 rings (SSSR count). The Morgan fingerprint density at radius 1 is 1.45 bits per heavy atom. The molecule has 3 heterocycles. The Morgan fingerprint density at radius 2 is 2.25 bits per heavy atom. The van der Waals surface area contributed by atoms with Gasteiger partial charge in [0.1, 0.15) is 5.65 Å². The maximum absolute atomic E-state index is 12.1. The minimum absolute atomic E-state index is 0.0229. The predicted molar refractivity (Wildman–Crippen MR) is 78.6 cm³/mol. The number of rotatable bonds is 2. The van der Waals surface area contributed by atoms with E-state index in [0.29, 0.717) is 12.5 Å². The van der Waals surface area contributed by atoms with E-state index in [-0.39, 0.29) is 11.6 Å². The van der Waals surface area contributed by atoms with Crippen LogP contribution in [0.3, 0.4) is 0 Å². The molecule has 1 fully saturated rings. The third kappa shape index (κ3) is 2.34. The second kappa shape index (κ2) is 5.00. The third-order valence-electron chi connectivity index (χ3n) is 4.07. The van der Waals surface area contributed by atoms with Crippen molar-refractivity contribution in [2.75, 3.05) is 13.1 Å². The molecular formula is C15H20N4O. The molecule has 2 N–H and O–H groups in total. The summed E-state index contributed by atoms with van der Waals surface area (Å²) < 4.78 is 1.59. The first-order valence-corrected chi connectivity index (χ1v) is 7.00. The number of hydrogen-bond donors (Lipinski definition) is 1. The molecule has 0 bridgehead atoms. The van der Waals surface area contributed by atoms with Crippen LogP contribution >= 0.6 is 0 Å². The molecule has 0 aromatic carbocycles. The summed E-state index contributed by atoms with van der Waals surface area (Å²) in [5, 5.41) is 0. The van der Waals surface area contributed by atoms with Gasteiger partial charge in [-0.15, -0.1) is 0 Å². The first-order chi connectivity index (χ1) is 9.54.